The fourth-order valence-electron chi connectivity index (χ4n) is 2.89. The summed E-state index contributed by atoms with van der Waals surface area (Å²) in [5, 5.41) is 17.7. The van der Waals surface area contributed by atoms with Gasteiger partial charge < -0.3 is 21.5 Å². The van der Waals surface area contributed by atoms with Gasteiger partial charge in [0.15, 0.2) is 5.17 Å². The molecule has 1 fully saturated rings. The Hall–Kier alpha value is -1.56. The number of nitrogens with two attached hydrogens (primary N) is 2. The summed E-state index contributed by atoms with van der Waals surface area (Å²) in [7, 11) is 1.80. The Morgan fingerprint density at radius 2 is 2.20 bits per heavy atom. The van der Waals surface area contributed by atoms with Crippen molar-refractivity contribution in [3.8, 4) is 0 Å². The highest BCUT2D eigenvalue weighted by Crippen LogP contribution is 2.40. The van der Waals surface area contributed by atoms with Crippen LogP contribution in [0.5, 0.6) is 0 Å². The van der Waals surface area contributed by atoms with E-state index in [1.165, 1.54) is 28.4 Å². The smallest absolute Gasteiger partial charge is 0.352 e. The summed E-state index contributed by atoms with van der Waals surface area (Å²) in [6.07, 6.45) is -0.347. The van der Waals surface area contributed by atoms with Crippen LogP contribution in [0.3, 0.4) is 0 Å². The molecule has 0 spiro atoms. The minimum Gasteiger partial charge on any atom is -0.477 e. The third-order valence-electron chi connectivity index (χ3n) is 4.58. The van der Waals surface area contributed by atoms with E-state index in [1.54, 1.807) is 11.9 Å². The van der Waals surface area contributed by atoms with Crippen molar-refractivity contribution < 1.29 is 14.7 Å². The van der Waals surface area contributed by atoms with E-state index < -0.39 is 12.0 Å². The van der Waals surface area contributed by atoms with E-state index in [9.17, 15) is 14.7 Å². The molecule has 3 heterocycles. The molecule has 3 unspecified atom stereocenters. The van der Waals surface area contributed by atoms with E-state index in [1.807, 2.05) is 6.92 Å². The maximum Gasteiger partial charge on any atom is 0.352 e. The van der Waals surface area contributed by atoms with Crippen LogP contribution in [0.25, 0.3) is 0 Å². The minimum atomic E-state index is -1.13. The number of aliphatic imine (C=N–C) groups is 1. The average Bonchev–Trinajstić information content (AvgIpc) is 2.60. The number of rotatable bonds is 3. The molecule has 0 bridgehead atoms. The summed E-state index contributed by atoms with van der Waals surface area (Å²) < 4.78 is 0. The predicted molar refractivity (Wildman–Crippen MR) is 98.3 cm³/mol. The van der Waals surface area contributed by atoms with Gasteiger partial charge >= 0.3 is 5.97 Å². The highest BCUT2D eigenvalue weighted by atomic mass is 32.2. The Kier molecular flexibility index (Phi) is 4.84. The number of carbonyl (C=O) groups excluding carboxylic acids is 1. The van der Waals surface area contributed by atoms with Crippen molar-refractivity contribution in [2.24, 2.45) is 22.4 Å². The van der Waals surface area contributed by atoms with Gasteiger partial charge in [-0.1, -0.05) is 18.7 Å². The number of hydrogen-bond acceptors (Lipinski definition) is 8. The van der Waals surface area contributed by atoms with Crippen LogP contribution in [0.2, 0.25) is 0 Å². The Morgan fingerprint density at radius 1 is 1.52 bits per heavy atom. The van der Waals surface area contributed by atoms with Gasteiger partial charge in [0.25, 0.3) is 0 Å². The summed E-state index contributed by atoms with van der Waals surface area (Å²) in [5.41, 5.74) is 12.5. The van der Waals surface area contributed by atoms with Crippen LogP contribution < -0.4 is 11.5 Å². The van der Waals surface area contributed by atoms with Gasteiger partial charge in [-0.05, 0) is 5.57 Å². The quantitative estimate of drug-likeness (QED) is 0.476. The first kappa shape index (κ1) is 18.2. The van der Waals surface area contributed by atoms with Crippen molar-refractivity contribution in [2.75, 3.05) is 18.6 Å². The van der Waals surface area contributed by atoms with E-state index in [0.717, 1.165) is 0 Å². The fraction of sp³-hybridized carbons (Fsp3) is 0.571. The van der Waals surface area contributed by atoms with E-state index in [2.05, 4.69) is 4.99 Å². The van der Waals surface area contributed by atoms with E-state index in [-0.39, 0.29) is 34.9 Å². The first-order valence-electron chi connectivity index (χ1n) is 7.68. The lowest BCUT2D eigenvalue weighted by Gasteiger charge is -2.48. The van der Waals surface area contributed by atoms with Crippen LogP contribution in [0.4, 0.5) is 0 Å². The van der Waals surface area contributed by atoms with Gasteiger partial charge in [-0.15, -0.1) is 11.8 Å². The Morgan fingerprint density at radius 3 is 2.84 bits per heavy atom. The van der Waals surface area contributed by atoms with Crippen LogP contribution in [0, 0.1) is 11.3 Å². The highest BCUT2D eigenvalue weighted by Gasteiger charge is 2.51. The van der Waals surface area contributed by atoms with Crippen molar-refractivity contribution in [1.29, 1.82) is 5.41 Å². The molecule has 0 aromatic rings. The third kappa shape index (κ3) is 2.94. The molecule has 0 aliphatic carbocycles. The van der Waals surface area contributed by atoms with Crippen LogP contribution >= 0.6 is 23.5 Å². The van der Waals surface area contributed by atoms with Gasteiger partial charge in [-0.25, -0.2) is 9.79 Å². The third-order valence-corrected chi connectivity index (χ3v) is 7.07. The van der Waals surface area contributed by atoms with Crippen molar-refractivity contribution in [3.63, 3.8) is 0 Å². The minimum absolute atomic E-state index is 0.0229. The molecule has 25 heavy (non-hydrogen) atoms. The molecule has 0 aromatic carbocycles. The largest absolute Gasteiger partial charge is 0.477 e. The van der Waals surface area contributed by atoms with Crippen molar-refractivity contribution in [2.45, 2.75) is 24.5 Å². The molecule has 0 saturated carbocycles. The number of hydrogen-bond donors (Lipinski definition) is 4. The predicted octanol–water partition coefficient (Wildman–Crippen LogP) is -0.500. The second-order valence-electron chi connectivity index (χ2n) is 6.15. The highest BCUT2D eigenvalue weighted by molar-refractivity contribution is 8.14. The van der Waals surface area contributed by atoms with E-state index >= 15 is 0 Å². The number of nitrogens with zero attached hydrogens (tertiary/aromatic N) is 3. The van der Waals surface area contributed by atoms with Gasteiger partial charge in [-0.3, -0.25) is 15.1 Å². The zero-order valence-corrected chi connectivity index (χ0v) is 15.4. The fourth-order valence-corrected chi connectivity index (χ4v) is 5.34. The first-order valence-corrected chi connectivity index (χ1v) is 9.71. The Bertz CT molecular complexity index is 709. The maximum absolute atomic E-state index is 11.9. The number of amidine groups is 2. The average molecular weight is 384 g/mol. The number of β-lactam (4-membered cyclic amide) rings is 1. The number of amides is 1. The normalized spacial score (nSPS) is 32.4. The summed E-state index contributed by atoms with van der Waals surface area (Å²) >= 11 is 2.79. The lowest BCUT2D eigenvalue weighted by Crippen LogP contribution is -2.68. The first-order chi connectivity index (χ1) is 11.7. The molecule has 0 aromatic heterocycles. The molecule has 3 aliphatic rings. The lowest BCUT2D eigenvalue weighted by molar-refractivity contribution is -0.147. The topological polar surface area (TPSA) is 149 Å². The molecule has 6 N–H and O–H groups in total. The van der Waals surface area contributed by atoms with E-state index in [4.69, 9.17) is 16.9 Å². The number of carbonyl (C=O) groups is 2. The molecule has 136 valence electrons. The number of nitrogens with one attached hydrogen (secondary N) is 1. The van der Waals surface area contributed by atoms with Crippen LogP contribution in [-0.4, -0.2) is 73.9 Å². The van der Waals surface area contributed by atoms with Gasteiger partial charge in [0, 0.05) is 24.5 Å². The monoisotopic (exact) mass is 384 g/mol. The number of carboxylic acid groups (broad SMARTS) is 1. The molecule has 0 radical (unpaired) electrons. The molecule has 1 amide bonds. The second kappa shape index (κ2) is 6.63. The molecule has 4 atom stereocenters. The van der Waals surface area contributed by atoms with Gasteiger partial charge in [0.2, 0.25) is 5.91 Å². The molecular formula is C14H20N6O3S2. The van der Waals surface area contributed by atoms with Crippen molar-refractivity contribution in [3.05, 3.63) is 11.3 Å². The summed E-state index contributed by atoms with van der Waals surface area (Å²) in [5.74, 6) is -0.595. The van der Waals surface area contributed by atoms with Gasteiger partial charge in [0.1, 0.15) is 22.9 Å². The lowest BCUT2D eigenvalue weighted by atomic mass is 10.0. The Labute approximate surface area is 153 Å². The van der Waals surface area contributed by atoms with Crippen LogP contribution in [0.15, 0.2) is 16.3 Å². The molecule has 3 aliphatic heterocycles. The second-order valence-corrected chi connectivity index (χ2v) is 8.20. The maximum atomic E-state index is 11.9. The number of fused-ring (bicyclic) bond motifs is 1. The SMILES string of the molecule is CC1C(=N)N=C(SCC2=C(C(=O)O)N3C(=O)C(N)[C@@H]3SC2)N(C)C1N. The number of aliphatic carboxylic acids is 1. The van der Waals surface area contributed by atoms with Crippen molar-refractivity contribution in [1.82, 2.24) is 9.80 Å². The molecule has 9 nitrogen and oxygen atoms in total. The van der Waals surface area contributed by atoms with Crippen molar-refractivity contribution >= 4 is 46.4 Å². The van der Waals surface area contributed by atoms with Crippen LogP contribution in [0.1, 0.15) is 6.92 Å². The number of carboxylic acids is 1. The zero-order valence-electron chi connectivity index (χ0n) is 13.8. The van der Waals surface area contributed by atoms with Crippen LogP contribution in [-0.2, 0) is 9.59 Å². The molecule has 1 saturated heterocycles. The number of thioether (sulfide) groups is 2. The van der Waals surface area contributed by atoms with E-state index in [0.29, 0.717) is 22.2 Å². The molecule has 3 rings (SSSR count). The van der Waals surface area contributed by atoms with Gasteiger partial charge in [0.05, 0.1) is 6.17 Å². The standard InChI is InChI=1S/C14H20N6O3S2/c1-5-9(16)18-14(19(2)10(5)17)25-4-6-3-24-12-7(15)11(21)20(12)8(6)13(22)23/h5,7,10,12,16H,3-4,15,17H2,1-2H3,(H,22,23)/t5?,7?,10?,12-/m0/s1. The van der Waals surface area contributed by atoms with Gasteiger partial charge in [-0.2, -0.15) is 0 Å². The summed E-state index contributed by atoms with van der Waals surface area (Å²) in [6, 6.07) is -0.637. The summed E-state index contributed by atoms with van der Waals surface area (Å²) in [6.45, 7) is 1.84. The zero-order chi connectivity index (χ0) is 18.5. The molecular weight excluding hydrogens is 364 g/mol. The summed E-state index contributed by atoms with van der Waals surface area (Å²) in [4.78, 5) is 30.9. The Balaban J connectivity index is 1.80. The molecule has 11 heteroatoms.